The summed E-state index contributed by atoms with van der Waals surface area (Å²) in [6, 6.07) is 18.7. The van der Waals surface area contributed by atoms with E-state index >= 15 is 0 Å². The van der Waals surface area contributed by atoms with Crippen LogP contribution < -0.4 is 5.32 Å². The van der Waals surface area contributed by atoms with E-state index in [0.717, 1.165) is 18.5 Å². The Kier molecular flexibility index (Phi) is 11.9. The third-order valence-corrected chi connectivity index (χ3v) is 5.50. The minimum atomic E-state index is 0.136. The lowest BCUT2D eigenvalue weighted by molar-refractivity contribution is -0.116. The zero-order valence-electron chi connectivity index (χ0n) is 18.3. The highest BCUT2D eigenvalue weighted by Crippen LogP contribution is 2.15. The van der Waals surface area contributed by atoms with Crippen LogP contribution in [0.4, 0.5) is 5.69 Å². The molecule has 0 aromatic heterocycles. The van der Waals surface area contributed by atoms with Crippen LogP contribution in [0.15, 0.2) is 54.6 Å². The van der Waals surface area contributed by atoms with Crippen LogP contribution in [0.5, 0.6) is 0 Å². The first-order valence-corrected chi connectivity index (χ1v) is 11.7. The second-order valence-electron chi connectivity index (χ2n) is 8.19. The van der Waals surface area contributed by atoms with E-state index in [9.17, 15) is 4.79 Å². The summed E-state index contributed by atoms with van der Waals surface area (Å²) in [6.45, 7) is 2.27. The molecule has 0 fully saturated rings. The molecule has 0 aliphatic carbocycles. The molecule has 0 bridgehead atoms. The van der Waals surface area contributed by atoms with Gasteiger partial charge in [-0.25, -0.2) is 0 Å². The molecule has 0 unspecified atom stereocenters. The van der Waals surface area contributed by atoms with Gasteiger partial charge in [-0.2, -0.15) is 0 Å². The molecule has 0 spiro atoms. The van der Waals surface area contributed by atoms with Crippen molar-refractivity contribution in [1.82, 2.24) is 0 Å². The van der Waals surface area contributed by atoms with Gasteiger partial charge in [0.2, 0.25) is 5.91 Å². The lowest BCUT2D eigenvalue weighted by atomic mass is 10.0. The average Bonchev–Trinajstić information content (AvgIpc) is 2.74. The minimum Gasteiger partial charge on any atom is -0.326 e. The van der Waals surface area contributed by atoms with Gasteiger partial charge in [-0.15, -0.1) is 0 Å². The van der Waals surface area contributed by atoms with Gasteiger partial charge in [0.1, 0.15) is 0 Å². The first kappa shape index (κ1) is 23.2. The molecule has 0 aliphatic heterocycles. The molecule has 2 aromatic rings. The Morgan fingerprint density at radius 2 is 1.17 bits per heavy atom. The number of amides is 1. The summed E-state index contributed by atoms with van der Waals surface area (Å²) in [6.07, 6.45) is 15.9. The fourth-order valence-electron chi connectivity index (χ4n) is 3.71. The van der Waals surface area contributed by atoms with E-state index in [2.05, 4.69) is 48.6 Å². The number of unbranched alkanes of at least 4 members (excludes halogenated alkanes) is 10. The van der Waals surface area contributed by atoms with Crippen LogP contribution in [0, 0.1) is 0 Å². The molecule has 2 nitrogen and oxygen atoms in total. The quantitative estimate of drug-likeness (QED) is 0.306. The highest BCUT2D eigenvalue weighted by Gasteiger charge is 2.03. The van der Waals surface area contributed by atoms with Crippen LogP contribution in [0.3, 0.4) is 0 Å². The Morgan fingerprint density at radius 3 is 1.76 bits per heavy atom. The van der Waals surface area contributed by atoms with Gasteiger partial charge in [0.05, 0.1) is 0 Å². The Hall–Kier alpha value is -2.09. The fraction of sp³-hybridized carbons (Fsp3) is 0.519. The topological polar surface area (TPSA) is 29.1 Å². The molecule has 29 heavy (non-hydrogen) atoms. The van der Waals surface area contributed by atoms with Crippen molar-refractivity contribution in [3.8, 4) is 0 Å². The summed E-state index contributed by atoms with van der Waals surface area (Å²) in [5.74, 6) is 0.136. The molecule has 0 aliphatic rings. The van der Waals surface area contributed by atoms with E-state index in [-0.39, 0.29) is 5.91 Å². The normalized spacial score (nSPS) is 10.8. The molecule has 0 atom stereocenters. The second-order valence-corrected chi connectivity index (χ2v) is 8.19. The molecule has 158 valence electrons. The summed E-state index contributed by atoms with van der Waals surface area (Å²) in [4.78, 5) is 12.1. The van der Waals surface area contributed by atoms with Crippen LogP contribution in [0.2, 0.25) is 0 Å². The van der Waals surface area contributed by atoms with Crippen LogP contribution in [-0.4, -0.2) is 5.91 Å². The number of nitrogens with one attached hydrogen (secondary N) is 1. The molecule has 1 N–H and O–H groups in total. The summed E-state index contributed by atoms with van der Waals surface area (Å²) in [7, 11) is 0. The first-order chi connectivity index (χ1) is 14.3. The molecule has 2 aromatic carbocycles. The molecule has 0 heterocycles. The third-order valence-electron chi connectivity index (χ3n) is 5.50. The monoisotopic (exact) mass is 393 g/mol. The maximum Gasteiger partial charge on any atom is 0.224 e. The average molecular weight is 394 g/mol. The highest BCUT2D eigenvalue weighted by atomic mass is 16.1. The Morgan fingerprint density at radius 1 is 0.655 bits per heavy atom. The van der Waals surface area contributed by atoms with Crippen LogP contribution in [0.1, 0.15) is 95.1 Å². The Balaban J connectivity index is 1.51. The molecule has 0 saturated heterocycles. The number of hydrogen-bond acceptors (Lipinski definition) is 1. The van der Waals surface area contributed by atoms with Crippen molar-refractivity contribution in [2.45, 2.75) is 90.4 Å². The van der Waals surface area contributed by atoms with Crippen molar-refractivity contribution in [3.05, 3.63) is 65.7 Å². The van der Waals surface area contributed by atoms with Crippen molar-refractivity contribution in [3.63, 3.8) is 0 Å². The largest absolute Gasteiger partial charge is 0.326 e. The van der Waals surface area contributed by atoms with Gasteiger partial charge in [-0.05, 0) is 36.1 Å². The van der Waals surface area contributed by atoms with Crippen molar-refractivity contribution >= 4 is 11.6 Å². The standard InChI is InChI=1S/C27H39NO/c1-2-3-4-5-6-7-8-9-10-11-15-18-27(29)28-26-21-19-25(20-22-26)23-24-16-13-12-14-17-24/h12-14,16-17,19-22H,2-11,15,18,23H2,1H3,(H,28,29). The summed E-state index contributed by atoms with van der Waals surface area (Å²) >= 11 is 0. The number of carbonyl (C=O) groups excluding carboxylic acids is 1. The van der Waals surface area contributed by atoms with Crippen molar-refractivity contribution in [2.24, 2.45) is 0 Å². The molecule has 0 radical (unpaired) electrons. The lowest BCUT2D eigenvalue weighted by Crippen LogP contribution is -2.11. The van der Waals surface area contributed by atoms with Gasteiger partial charge in [0.25, 0.3) is 0 Å². The van der Waals surface area contributed by atoms with Gasteiger partial charge < -0.3 is 5.32 Å². The number of anilines is 1. The number of benzene rings is 2. The van der Waals surface area contributed by atoms with Crippen LogP contribution >= 0.6 is 0 Å². The predicted octanol–water partition coefficient (Wildman–Crippen LogP) is 7.92. The van der Waals surface area contributed by atoms with Crippen LogP contribution in [0.25, 0.3) is 0 Å². The van der Waals surface area contributed by atoms with E-state index in [0.29, 0.717) is 6.42 Å². The highest BCUT2D eigenvalue weighted by molar-refractivity contribution is 5.90. The Bertz CT molecular complexity index is 663. The molecular weight excluding hydrogens is 354 g/mol. The van der Waals surface area contributed by atoms with E-state index in [4.69, 9.17) is 0 Å². The summed E-state index contributed by atoms with van der Waals surface area (Å²) in [5.41, 5.74) is 3.47. The van der Waals surface area contributed by atoms with Crippen molar-refractivity contribution in [1.29, 1.82) is 0 Å². The molecule has 2 heteroatoms. The zero-order chi connectivity index (χ0) is 20.6. The minimum absolute atomic E-state index is 0.136. The first-order valence-electron chi connectivity index (χ1n) is 11.7. The van der Waals surface area contributed by atoms with Crippen molar-refractivity contribution < 1.29 is 4.79 Å². The van der Waals surface area contributed by atoms with Crippen LogP contribution in [-0.2, 0) is 11.2 Å². The number of hydrogen-bond donors (Lipinski definition) is 1. The lowest BCUT2D eigenvalue weighted by Gasteiger charge is -2.07. The maximum absolute atomic E-state index is 12.1. The van der Waals surface area contributed by atoms with Gasteiger partial charge in [0.15, 0.2) is 0 Å². The van der Waals surface area contributed by atoms with E-state index in [1.807, 2.05) is 18.2 Å². The molecule has 0 saturated carbocycles. The fourth-order valence-corrected chi connectivity index (χ4v) is 3.71. The van der Waals surface area contributed by atoms with Gasteiger partial charge in [-0.3, -0.25) is 4.79 Å². The number of rotatable bonds is 15. The third kappa shape index (κ3) is 10.9. The van der Waals surface area contributed by atoms with Crippen molar-refractivity contribution in [2.75, 3.05) is 5.32 Å². The summed E-state index contributed by atoms with van der Waals surface area (Å²) < 4.78 is 0. The van der Waals surface area contributed by atoms with E-state index in [1.165, 1.54) is 75.3 Å². The SMILES string of the molecule is CCCCCCCCCCCCCC(=O)Nc1ccc(Cc2ccccc2)cc1. The smallest absolute Gasteiger partial charge is 0.224 e. The molecular formula is C27H39NO. The van der Waals surface area contributed by atoms with E-state index < -0.39 is 0 Å². The van der Waals surface area contributed by atoms with E-state index in [1.54, 1.807) is 0 Å². The molecule has 2 rings (SSSR count). The second kappa shape index (κ2) is 14.8. The van der Waals surface area contributed by atoms with Gasteiger partial charge >= 0.3 is 0 Å². The summed E-state index contributed by atoms with van der Waals surface area (Å²) in [5, 5.41) is 3.03. The predicted molar refractivity (Wildman–Crippen MR) is 125 cm³/mol. The number of carbonyl (C=O) groups is 1. The van der Waals surface area contributed by atoms with Gasteiger partial charge in [-0.1, -0.05) is 114 Å². The zero-order valence-corrected chi connectivity index (χ0v) is 18.3. The van der Waals surface area contributed by atoms with Gasteiger partial charge in [0, 0.05) is 12.1 Å². The Labute approximate surface area is 178 Å². The maximum atomic E-state index is 12.1. The molecule has 1 amide bonds.